The first-order valence-electron chi connectivity index (χ1n) is 5.79. The van der Waals surface area contributed by atoms with Crippen LogP contribution in [0.4, 0.5) is 13.2 Å². The van der Waals surface area contributed by atoms with E-state index in [9.17, 15) is 18.3 Å². The Morgan fingerprint density at radius 1 is 1.10 bits per heavy atom. The minimum atomic E-state index is -1.61. The Balaban J connectivity index is 2.34. The van der Waals surface area contributed by atoms with Crippen molar-refractivity contribution in [1.82, 2.24) is 9.55 Å². The van der Waals surface area contributed by atoms with Crippen molar-refractivity contribution in [3.05, 3.63) is 47.8 Å². The third-order valence-corrected chi connectivity index (χ3v) is 3.16. The molecule has 0 saturated carbocycles. The molecule has 0 aliphatic carbocycles. The Bertz CT molecular complexity index is 827. The van der Waals surface area contributed by atoms with Gasteiger partial charge in [-0.25, -0.2) is 13.8 Å². The normalized spacial score (nSPS) is 11.2. The average molecular weight is 278 g/mol. The Morgan fingerprint density at radius 2 is 1.80 bits per heavy atom. The van der Waals surface area contributed by atoms with Gasteiger partial charge in [-0.3, -0.25) is 0 Å². The van der Waals surface area contributed by atoms with Gasteiger partial charge in [0.05, 0.1) is 16.6 Å². The number of para-hydroxylation sites is 2. The van der Waals surface area contributed by atoms with Crippen molar-refractivity contribution in [2.75, 3.05) is 0 Å². The highest BCUT2D eigenvalue weighted by molar-refractivity contribution is 5.80. The van der Waals surface area contributed by atoms with Gasteiger partial charge in [0.2, 0.25) is 5.82 Å². The maximum absolute atomic E-state index is 13.9. The van der Waals surface area contributed by atoms with Gasteiger partial charge < -0.3 is 9.67 Å². The minimum absolute atomic E-state index is 0.109. The van der Waals surface area contributed by atoms with E-state index in [-0.39, 0.29) is 11.4 Å². The molecule has 0 aliphatic rings. The van der Waals surface area contributed by atoms with Crippen molar-refractivity contribution in [1.29, 1.82) is 0 Å². The summed E-state index contributed by atoms with van der Waals surface area (Å²) in [7, 11) is 1.63. The molecule has 6 heteroatoms. The molecule has 20 heavy (non-hydrogen) atoms. The standard InChI is InChI=1S/C14H9F3N2O/c1-19-10-5-3-2-4-9(10)18-14(19)7-6-8(15)12(17)13(20)11(7)16/h2-6,20H,1H3. The van der Waals surface area contributed by atoms with Crippen molar-refractivity contribution < 1.29 is 18.3 Å². The topological polar surface area (TPSA) is 38.0 Å². The lowest BCUT2D eigenvalue weighted by atomic mass is 10.1. The van der Waals surface area contributed by atoms with E-state index >= 15 is 0 Å². The number of aryl methyl sites for hydroxylation is 1. The number of hydrogen-bond acceptors (Lipinski definition) is 2. The lowest BCUT2D eigenvalue weighted by Crippen LogP contribution is -1.98. The van der Waals surface area contributed by atoms with Crippen LogP contribution in [-0.2, 0) is 7.05 Å². The summed E-state index contributed by atoms with van der Waals surface area (Å²) in [5.41, 5.74) is 1.01. The van der Waals surface area contributed by atoms with Crippen LogP contribution in [0.1, 0.15) is 0 Å². The molecule has 0 aliphatic heterocycles. The first-order chi connectivity index (χ1) is 9.50. The second-order valence-corrected chi connectivity index (χ2v) is 4.37. The molecule has 3 aromatic rings. The van der Waals surface area contributed by atoms with Crippen LogP contribution in [0.2, 0.25) is 0 Å². The number of fused-ring (bicyclic) bond motifs is 1. The molecular weight excluding hydrogens is 269 g/mol. The van der Waals surface area contributed by atoms with Crippen molar-refractivity contribution in [2.24, 2.45) is 7.05 Å². The van der Waals surface area contributed by atoms with Crippen LogP contribution in [0.5, 0.6) is 5.75 Å². The molecular formula is C14H9F3N2O. The zero-order valence-corrected chi connectivity index (χ0v) is 10.4. The molecule has 3 rings (SSSR count). The Labute approximate surface area is 111 Å². The number of phenols is 1. The van der Waals surface area contributed by atoms with Crippen LogP contribution in [0.3, 0.4) is 0 Å². The van der Waals surface area contributed by atoms with Crippen molar-refractivity contribution in [2.45, 2.75) is 0 Å². The van der Waals surface area contributed by atoms with Gasteiger partial charge in [-0.2, -0.15) is 4.39 Å². The van der Waals surface area contributed by atoms with Gasteiger partial charge in [-0.05, 0) is 18.2 Å². The van der Waals surface area contributed by atoms with E-state index in [2.05, 4.69) is 4.98 Å². The van der Waals surface area contributed by atoms with E-state index in [1.807, 2.05) is 0 Å². The minimum Gasteiger partial charge on any atom is -0.503 e. The lowest BCUT2D eigenvalue weighted by molar-refractivity contribution is 0.377. The number of rotatable bonds is 1. The second kappa shape index (κ2) is 4.26. The van der Waals surface area contributed by atoms with Crippen LogP contribution >= 0.6 is 0 Å². The molecule has 2 aromatic carbocycles. The quantitative estimate of drug-likeness (QED) is 0.693. The van der Waals surface area contributed by atoms with Crippen molar-refractivity contribution >= 4 is 11.0 Å². The van der Waals surface area contributed by atoms with Crippen LogP contribution in [0.15, 0.2) is 30.3 Å². The summed E-state index contributed by atoms with van der Waals surface area (Å²) in [5, 5.41) is 9.27. The SMILES string of the molecule is Cn1c(-c2cc(F)c(F)c(O)c2F)nc2ccccc21. The van der Waals surface area contributed by atoms with Crippen LogP contribution in [-0.4, -0.2) is 14.7 Å². The maximum atomic E-state index is 13.9. The zero-order chi connectivity index (χ0) is 14.4. The predicted octanol–water partition coefficient (Wildman–Crippen LogP) is 3.36. The van der Waals surface area contributed by atoms with Gasteiger partial charge in [-0.15, -0.1) is 0 Å². The Kier molecular flexibility index (Phi) is 2.67. The number of imidazole rings is 1. The first-order valence-corrected chi connectivity index (χ1v) is 5.79. The summed E-state index contributed by atoms with van der Waals surface area (Å²) in [6, 6.07) is 7.72. The molecule has 0 bridgehead atoms. The van der Waals surface area contributed by atoms with Gasteiger partial charge >= 0.3 is 0 Å². The first kappa shape index (κ1) is 12.5. The molecule has 0 unspecified atom stereocenters. The second-order valence-electron chi connectivity index (χ2n) is 4.37. The van der Waals surface area contributed by atoms with Crippen molar-refractivity contribution in [3.8, 4) is 17.1 Å². The molecule has 0 atom stereocenters. The van der Waals surface area contributed by atoms with Crippen LogP contribution in [0, 0.1) is 17.5 Å². The van der Waals surface area contributed by atoms with Gasteiger partial charge in [0.1, 0.15) is 5.82 Å². The van der Waals surface area contributed by atoms with Gasteiger partial charge in [-0.1, -0.05) is 12.1 Å². The summed E-state index contributed by atoms with van der Waals surface area (Å²) in [6.45, 7) is 0. The molecule has 0 spiro atoms. The van der Waals surface area contributed by atoms with E-state index < -0.39 is 23.2 Å². The van der Waals surface area contributed by atoms with Gasteiger partial charge in [0.15, 0.2) is 17.4 Å². The zero-order valence-electron chi connectivity index (χ0n) is 10.4. The summed E-state index contributed by atoms with van der Waals surface area (Å²) in [6.07, 6.45) is 0. The van der Waals surface area contributed by atoms with Crippen LogP contribution < -0.4 is 0 Å². The summed E-state index contributed by atoms with van der Waals surface area (Å²) in [5.74, 6) is -5.40. The number of benzene rings is 2. The monoisotopic (exact) mass is 278 g/mol. The van der Waals surface area contributed by atoms with E-state index in [0.717, 1.165) is 0 Å². The molecule has 1 heterocycles. The number of halogens is 3. The molecule has 1 N–H and O–H groups in total. The number of nitrogens with zero attached hydrogens (tertiary/aromatic N) is 2. The predicted molar refractivity (Wildman–Crippen MR) is 67.7 cm³/mol. The largest absolute Gasteiger partial charge is 0.503 e. The number of phenolic OH excluding ortho intramolecular Hbond substituents is 1. The highest BCUT2D eigenvalue weighted by Gasteiger charge is 2.22. The van der Waals surface area contributed by atoms with Gasteiger partial charge in [0.25, 0.3) is 0 Å². The fraction of sp³-hybridized carbons (Fsp3) is 0.0714. The summed E-state index contributed by atoms with van der Waals surface area (Å²) < 4.78 is 41.9. The van der Waals surface area contributed by atoms with E-state index in [1.165, 1.54) is 0 Å². The Morgan fingerprint density at radius 3 is 2.50 bits per heavy atom. The third kappa shape index (κ3) is 1.65. The average Bonchev–Trinajstić information content (AvgIpc) is 2.78. The summed E-state index contributed by atoms with van der Waals surface area (Å²) >= 11 is 0. The smallest absolute Gasteiger partial charge is 0.203 e. The number of hydrogen-bond donors (Lipinski definition) is 1. The highest BCUT2D eigenvalue weighted by atomic mass is 19.2. The fourth-order valence-electron chi connectivity index (χ4n) is 2.14. The highest BCUT2D eigenvalue weighted by Crippen LogP contribution is 2.33. The molecule has 0 radical (unpaired) electrons. The molecule has 0 fully saturated rings. The van der Waals surface area contributed by atoms with Crippen LogP contribution in [0.25, 0.3) is 22.4 Å². The number of aromatic nitrogens is 2. The number of aromatic hydroxyl groups is 1. The molecule has 1 aromatic heterocycles. The van der Waals surface area contributed by atoms with Crippen molar-refractivity contribution in [3.63, 3.8) is 0 Å². The lowest BCUT2D eigenvalue weighted by Gasteiger charge is -2.07. The Hall–Kier alpha value is -2.50. The molecule has 102 valence electrons. The third-order valence-electron chi connectivity index (χ3n) is 3.16. The molecule has 3 nitrogen and oxygen atoms in total. The van der Waals surface area contributed by atoms with E-state index in [1.54, 1.807) is 35.9 Å². The van der Waals surface area contributed by atoms with E-state index in [0.29, 0.717) is 17.1 Å². The maximum Gasteiger partial charge on any atom is 0.203 e. The summed E-state index contributed by atoms with van der Waals surface area (Å²) in [4.78, 5) is 4.18. The molecule has 0 saturated heterocycles. The van der Waals surface area contributed by atoms with Gasteiger partial charge in [0, 0.05) is 7.05 Å². The van der Waals surface area contributed by atoms with E-state index in [4.69, 9.17) is 0 Å². The molecule has 0 amide bonds. The fourth-order valence-corrected chi connectivity index (χ4v) is 2.14.